The quantitative estimate of drug-likeness (QED) is 0.579. The van der Waals surface area contributed by atoms with Gasteiger partial charge in [-0.05, 0) is 6.92 Å². The van der Waals surface area contributed by atoms with E-state index in [0.717, 1.165) is 0 Å². The summed E-state index contributed by atoms with van der Waals surface area (Å²) < 4.78 is 0. The van der Waals surface area contributed by atoms with Crippen LogP contribution >= 0.6 is 49.6 Å². The van der Waals surface area contributed by atoms with Gasteiger partial charge in [0.15, 0.2) is 0 Å². The molecule has 0 aromatic rings. The zero-order valence-electron chi connectivity index (χ0n) is 4.37. The van der Waals surface area contributed by atoms with Crippen LogP contribution in [0.15, 0.2) is 0 Å². The van der Waals surface area contributed by atoms with Crippen LogP contribution in [0, 0.1) is 0 Å². The number of rotatable bonds is 0. The van der Waals surface area contributed by atoms with Crippen LogP contribution in [-0.2, 0) is 0 Å². The Labute approximate surface area is 74.4 Å². The molecule has 0 radical (unpaired) electrons. The van der Waals surface area contributed by atoms with Gasteiger partial charge in [-0.3, -0.25) is 0 Å². The largest absolute Gasteiger partial charge is 0.316 e. The van der Waals surface area contributed by atoms with Gasteiger partial charge in [-0.25, -0.2) is 0 Å². The summed E-state index contributed by atoms with van der Waals surface area (Å²) in [5.41, 5.74) is 9.78. The van der Waals surface area contributed by atoms with Gasteiger partial charge in [0.1, 0.15) is 0 Å². The molecule has 0 unspecified atom stereocenters. The van der Waals surface area contributed by atoms with Crippen molar-refractivity contribution in [3.8, 4) is 0 Å². The minimum absolute atomic E-state index is 0. The Morgan fingerprint density at radius 2 is 0.875 bits per heavy atom. The molecule has 0 aromatic carbocycles. The van der Waals surface area contributed by atoms with E-state index in [4.69, 9.17) is 11.5 Å². The van der Waals surface area contributed by atoms with E-state index in [9.17, 15) is 0 Å². The van der Waals surface area contributed by atoms with Crippen LogP contribution in [0.2, 0.25) is 0 Å². The molecule has 0 atom stereocenters. The van der Waals surface area contributed by atoms with Gasteiger partial charge in [0.25, 0.3) is 0 Å². The average Bonchev–Trinajstić information content (AvgIpc) is 0.811. The highest BCUT2D eigenvalue weighted by molar-refractivity contribution is 5.86. The first-order chi connectivity index (χ1) is 1.73. The Morgan fingerprint density at radius 3 is 0.875 bits per heavy atom. The highest BCUT2D eigenvalue weighted by Crippen LogP contribution is 1.41. The van der Waals surface area contributed by atoms with Gasteiger partial charge in [0.05, 0.1) is 0 Å². The standard InChI is InChI=1S/C2H8N2.4ClH/c1-2(3)4;;;;/h2H,3-4H2,1H3;4*1H. The summed E-state index contributed by atoms with van der Waals surface area (Å²) in [7, 11) is 0. The smallest absolute Gasteiger partial charge is 0.0491 e. The van der Waals surface area contributed by atoms with Gasteiger partial charge < -0.3 is 11.5 Å². The summed E-state index contributed by atoms with van der Waals surface area (Å²) in [6.45, 7) is 1.72. The lowest BCUT2D eigenvalue weighted by Gasteiger charge is -1.83. The second kappa shape index (κ2) is 24.3. The molecule has 4 N–H and O–H groups in total. The van der Waals surface area contributed by atoms with Crippen LogP contribution in [0.4, 0.5) is 0 Å². The van der Waals surface area contributed by atoms with Crippen molar-refractivity contribution in [3.63, 3.8) is 0 Å². The molecule has 0 amide bonds. The molecule has 8 heavy (non-hydrogen) atoms. The Kier molecular flexibility index (Phi) is 108. The molecule has 0 heterocycles. The first kappa shape index (κ1) is 35.6. The van der Waals surface area contributed by atoms with Crippen molar-refractivity contribution < 1.29 is 0 Å². The van der Waals surface area contributed by atoms with Crippen LogP contribution in [0.3, 0.4) is 0 Å². The van der Waals surface area contributed by atoms with Crippen molar-refractivity contribution in [1.82, 2.24) is 0 Å². The maximum absolute atomic E-state index is 4.89. The van der Waals surface area contributed by atoms with Crippen molar-refractivity contribution in [2.24, 2.45) is 11.5 Å². The Hall–Kier alpha value is 1.08. The van der Waals surface area contributed by atoms with Gasteiger partial charge in [-0.1, -0.05) is 0 Å². The minimum atomic E-state index is -0.167. The zero-order chi connectivity index (χ0) is 3.58. The van der Waals surface area contributed by atoms with Crippen molar-refractivity contribution in [1.29, 1.82) is 0 Å². The molecule has 0 saturated carbocycles. The van der Waals surface area contributed by atoms with Gasteiger partial charge >= 0.3 is 0 Å². The maximum Gasteiger partial charge on any atom is 0.0491 e. The molecule has 0 rings (SSSR count). The zero-order valence-corrected chi connectivity index (χ0v) is 7.63. The van der Waals surface area contributed by atoms with E-state index in [1.54, 1.807) is 6.92 Å². The lowest BCUT2D eigenvalue weighted by atomic mass is 10.7. The van der Waals surface area contributed by atoms with Gasteiger partial charge in [0, 0.05) is 6.17 Å². The van der Waals surface area contributed by atoms with Crippen LogP contribution in [-0.4, -0.2) is 6.17 Å². The summed E-state index contributed by atoms with van der Waals surface area (Å²) in [5.74, 6) is 0. The summed E-state index contributed by atoms with van der Waals surface area (Å²) in [6.07, 6.45) is -0.167. The molecule has 0 fully saturated rings. The molecule has 0 aliphatic heterocycles. The van der Waals surface area contributed by atoms with E-state index < -0.39 is 0 Å². The predicted molar refractivity (Wildman–Crippen MR) is 46.8 cm³/mol. The monoisotopic (exact) mass is 204 g/mol. The van der Waals surface area contributed by atoms with Crippen molar-refractivity contribution >= 4 is 49.6 Å². The number of nitrogens with two attached hydrogens (primary N) is 2. The van der Waals surface area contributed by atoms with Gasteiger partial charge in [-0.2, -0.15) is 0 Å². The predicted octanol–water partition coefficient (Wildman–Crippen LogP) is 0.937. The van der Waals surface area contributed by atoms with E-state index in [0.29, 0.717) is 0 Å². The van der Waals surface area contributed by atoms with Gasteiger partial charge in [0.2, 0.25) is 0 Å². The van der Waals surface area contributed by atoms with E-state index >= 15 is 0 Å². The van der Waals surface area contributed by atoms with Crippen LogP contribution in [0.5, 0.6) is 0 Å². The maximum atomic E-state index is 4.89. The third kappa shape index (κ3) is 224. The number of hydrogen-bond donors (Lipinski definition) is 2. The Morgan fingerprint density at radius 1 is 0.875 bits per heavy atom. The first-order valence-electron chi connectivity index (χ1n) is 1.24. The molecule has 0 saturated heterocycles. The molecule has 0 spiro atoms. The SMILES string of the molecule is CC(N)N.Cl.Cl.Cl.Cl. The number of halogens is 4. The molecule has 2 nitrogen and oxygen atoms in total. The highest BCUT2D eigenvalue weighted by atomic mass is 35.5. The van der Waals surface area contributed by atoms with E-state index in [2.05, 4.69) is 0 Å². The van der Waals surface area contributed by atoms with E-state index in [1.165, 1.54) is 0 Å². The molecule has 0 aromatic heterocycles. The summed E-state index contributed by atoms with van der Waals surface area (Å²) >= 11 is 0. The summed E-state index contributed by atoms with van der Waals surface area (Å²) in [6, 6.07) is 0. The fraction of sp³-hybridized carbons (Fsp3) is 1.00. The van der Waals surface area contributed by atoms with Crippen LogP contribution in [0.1, 0.15) is 6.92 Å². The molecule has 58 valence electrons. The Bertz CT molecular complexity index is 16.8. The van der Waals surface area contributed by atoms with Crippen LogP contribution < -0.4 is 11.5 Å². The summed E-state index contributed by atoms with van der Waals surface area (Å²) in [5, 5.41) is 0. The Balaban J connectivity index is -0.00000000750. The van der Waals surface area contributed by atoms with Crippen molar-refractivity contribution in [2.45, 2.75) is 13.1 Å². The number of hydrogen-bond acceptors (Lipinski definition) is 2. The molecular weight excluding hydrogens is 194 g/mol. The van der Waals surface area contributed by atoms with Crippen LogP contribution in [0.25, 0.3) is 0 Å². The topological polar surface area (TPSA) is 52.0 Å². The average molecular weight is 206 g/mol. The molecule has 0 bridgehead atoms. The molecule has 0 aliphatic rings. The summed E-state index contributed by atoms with van der Waals surface area (Å²) in [4.78, 5) is 0. The third-order valence-corrected chi connectivity index (χ3v) is 0. The fourth-order valence-corrected chi connectivity index (χ4v) is 0. The van der Waals surface area contributed by atoms with Crippen molar-refractivity contribution in [3.05, 3.63) is 0 Å². The second-order valence-electron chi connectivity index (χ2n) is 0.859. The lowest BCUT2D eigenvalue weighted by Crippen LogP contribution is -2.25. The van der Waals surface area contributed by atoms with E-state index in [1.807, 2.05) is 0 Å². The normalized spacial score (nSPS) is 4.50. The lowest BCUT2D eigenvalue weighted by molar-refractivity contribution is 0.790. The second-order valence-corrected chi connectivity index (χ2v) is 0.859. The molecule has 0 aliphatic carbocycles. The first-order valence-corrected chi connectivity index (χ1v) is 1.24. The van der Waals surface area contributed by atoms with E-state index in [-0.39, 0.29) is 55.8 Å². The molecular formula is C2H12Cl4N2. The fourth-order valence-electron chi connectivity index (χ4n) is 0. The highest BCUT2D eigenvalue weighted by Gasteiger charge is 1.66. The third-order valence-electron chi connectivity index (χ3n) is 0. The van der Waals surface area contributed by atoms with Crippen molar-refractivity contribution in [2.75, 3.05) is 0 Å². The van der Waals surface area contributed by atoms with Gasteiger partial charge in [-0.15, -0.1) is 49.6 Å². The molecule has 6 heteroatoms. The minimum Gasteiger partial charge on any atom is -0.316 e.